The van der Waals surface area contributed by atoms with Crippen LogP contribution in [-0.4, -0.2) is 11.2 Å². The summed E-state index contributed by atoms with van der Waals surface area (Å²) in [6, 6.07) is 0. The highest BCUT2D eigenvalue weighted by atomic mass is 16.3. The molecule has 0 aromatic heterocycles. The Morgan fingerprint density at radius 2 is 2.00 bits per heavy atom. The number of hydrogen-bond acceptors (Lipinski definition) is 1. The minimum atomic E-state index is -2.72. The van der Waals surface area contributed by atoms with Crippen LogP contribution in [0.15, 0.2) is 23.3 Å². The third kappa shape index (κ3) is 3.34. The van der Waals surface area contributed by atoms with Crippen molar-refractivity contribution in [2.45, 2.75) is 105 Å². The molecule has 0 aromatic carbocycles. The first-order valence-corrected chi connectivity index (χ1v) is 11.7. The van der Waals surface area contributed by atoms with Crippen LogP contribution in [0.3, 0.4) is 0 Å². The Hall–Kier alpha value is -0.560. The second-order valence-electron chi connectivity index (χ2n) is 11.0. The summed E-state index contributed by atoms with van der Waals surface area (Å²) in [7, 11) is 0. The van der Waals surface area contributed by atoms with Crippen molar-refractivity contribution in [3.05, 3.63) is 23.3 Å². The molecule has 0 saturated heterocycles. The fraction of sp³-hybridized carbons (Fsp3) is 0.852. The maximum atomic E-state index is 10.7. The molecule has 3 saturated carbocycles. The molecule has 4 aliphatic carbocycles. The van der Waals surface area contributed by atoms with Crippen molar-refractivity contribution < 1.29 is 12.0 Å². The van der Waals surface area contributed by atoms with Crippen molar-refractivity contribution in [3.8, 4) is 0 Å². The van der Waals surface area contributed by atoms with Gasteiger partial charge in [0, 0.05) is 5.48 Å². The summed E-state index contributed by atoms with van der Waals surface area (Å²) in [4.78, 5) is 0. The van der Waals surface area contributed by atoms with Crippen LogP contribution in [0.25, 0.3) is 0 Å². The van der Waals surface area contributed by atoms with E-state index < -0.39 is 30.2 Å². The Balaban J connectivity index is 1.63. The number of fused-ring (bicyclic) bond motifs is 5. The summed E-state index contributed by atoms with van der Waals surface area (Å²) in [6.07, 6.45) is 4.74. The van der Waals surface area contributed by atoms with Gasteiger partial charge in [0.05, 0.1) is 7.45 Å². The molecule has 8 atom stereocenters. The highest BCUT2D eigenvalue weighted by molar-refractivity contribution is 5.27. The maximum Gasteiger partial charge on any atom is 0.0600 e. The molecule has 0 aromatic rings. The van der Waals surface area contributed by atoms with Crippen LogP contribution in [0, 0.1) is 40.4 Å². The molecule has 1 heteroatoms. The number of aliphatic hydroxyl groups is 1. The molecule has 0 amide bonds. The fourth-order valence-electron chi connectivity index (χ4n) is 7.53. The van der Waals surface area contributed by atoms with Crippen molar-refractivity contribution in [1.82, 2.24) is 0 Å². The lowest BCUT2D eigenvalue weighted by Crippen LogP contribution is -2.49. The van der Waals surface area contributed by atoms with Gasteiger partial charge in [-0.05, 0) is 118 Å². The fourth-order valence-corrected chi connectivity index (χ4v) is 7.53. The average Bonchev–Trinajstić information content (AvgIpc) is 3.03. The van der Waals surface area contributed by atoms with Gasteiger partial charge >= 0.3 is 0 Å². The highest BCUT2D eigenvalue weighted by Gasteiger charge is 2.58. The van der Waals surface area contributed by atoms with Gasteiger partial charge < -0.3 is 5.11 Å². The predicted molar refractivity (Wildman–Crippen MR) is 119 cm³/mol. The highest BCUT2D eigenvalue weighted by Crippen LogP contribution is 2.66. The zero-order valence-electron chi connectivity index (χ0n) is 23.6. The molecule has 0 bridgehead atoms. The molecule has 0 spiro atoms. The summed E-state index contributed by atoms with van der Waals surface area (Å²) in [6.45, 7) is 11.3. The topological polar surface area (TPSA) is 20.2 Å². The van der Waals surface area contributed by atoms with E-state index >= 15 is 0 Å². The van der Waals surface area contributed by atoms with E-state index in [2.05, 4.69) is 46.8 Å². The third-order valence-corrected chi connectivity index (χ3v) is 9.18. The molecule has 28 heavy (non-hydrogen) atoms. The monoisotopic (exact) mass is 389 g/mol. The molecule has 1 nitrogen and oxygen atoms in total. The van der Waals surface area contributed by atoms with E-state index in [1.165, 1.54) is 30.4 Å². The van der Waals surface area contributed by atoms with Crippen molar-refractivity contribution >= 4 is 0 Å². The van der Waals surface area contributed by atoms with Gasteiger partial charge in [0.15, 0.2) is 0 Å². The first-order chi connectivity index (χ1) is 15.1. The van der Waals surface area contributed by atoms with Crippen LogP contribution in [0.5, 0.6) is 0 Å². The summed E-state index contributed by atoms with van der Waals surface area (Å²) in [5, 5.41) is 10.7. The molecule has 0 heterocycles. The van der Waals surface area contributed by atoms with Crippen LogP contribution in [0.4, 0.5) is 0 Å². The van der Waals surface area contributed by atoms with E-state index in [4.69, 9.17) is 6.85 Å². The first kappa shape index (κ1) is 15.3. The Morgan fingerprint density at radius 1 is 1.25 bits per heavy atom. The van der Waals surface area contributed by atoms with Gasteiger partial charge in [-0.15, -0.1) is 0 Å². The van der Waals surface area contributed by atoms with Crippen molar-refractivity contribution in [1.29, 1.82) is 0 Å². The van der Waals surface area contributed by atoms with E-state index in [9.17, 15) is 5.11 Å². The molecule has 2 unspecified atom stereocenters. The minimum absolute atomic E-state index is 0.0537. The molecule has 4 rings (SSSR count). The standard InChI is InChI=1S/C27H44O/c1-18(2)7-6-8-19(3)23-11-12-24-22-10-9-20-17-21(28)13-15-26(20,4)25(22)14-16-27(23,24)5/h7,10,19-21,23-25,28H,6,8-9,11-17H2,1-5H3/t19-,20+,21?,23-,24+,25?,26+,27-/m1/s1/i13D2,17D2,21D. The zero-order valence-corrected chi connectivity index (χ0v) is 18.6. The third-order valence-electron chi connectivity index (χ3n) is 9.18. The van der Waals surface area contributed by atoms with Crippen LogP contribution in [-0.2, 0) is 0 Å². The second kappa shape index (κ2) is 7.60. The SMILES string of the molecule is [2H]C1([2H])C[C@]2(C)C3CC[C@]4(C)[C@@H]([C@H](C)CCC=C(C)C)CC[C@H]4C3=CC[C@H]2C([2H])([2H])C1([2H])O. The molecule has 1 N–H and O–H groups in total. The summed E-state index contributed by atoms with van der Waals surface area (Å²) >= 11 is 0. The van der Waals surface area contributed by atoms with E-state index in [1.54, 1.807) is 0 Å². The maximum absolute atomic E-state index is 10.7. The Morgan fingerprint density at radius 3 is 2.75 bits per heavy atom. The van der Waals surface area contributed by atoms with E-state index in [0.29, 0.717) is 24.2 Å². The van der Waals surface area contributed by atoms with Gasteiger partial charge in [-0.3, -0.25) is 0 Å². The molecule has 4 aliphatic rings. The number of rotatable bonds is 4. The second-order valence-corrected chi connectivity index (χ2v) is 11.0. The van der Waals surface area contributed by atoms with Crippen LogP contribution in [0.2, 0.25) is 0 Å². The Kier molecular flexibility index (Phi) is 4.15. The molecule has 158 valence electrons. The van der Waals surface area contributed by atoms with Gasteiger partial charge in [0.25, 0.3) is 0 Å². The van der Waals surface area contributed by atoms with Crippen molar-refractivity contribution in [2.75, 3.05) is 0 Å². The zero-order chi connectivity index (χ0) is 24.6. The van der Waals surface area contributed by atoms with Crippen LogP contribution in [0.1, 0.15) is 106 Å². The van der Waals surface area contributed by atoms with Gasteiger partial charge in [0.1, 0.15) is 0 Å². The minimum Gasteiger partial charge on any atom is -0.393 e. The quantitative estimate of drug-likeness (QED) is 0.500. The molecule has 0 aliphatic heterocycles. The Labute approximate surface area is 181 Å². The summed E-state index contributed by atoms with van der Waals surface area (Å²) in [5.74, 6) is 1.49. The number of allylic oxidation sites excluding steroid dienone is 4. The normalized spacial score (nSPS) is 54.9. The van der Waals surface area contributed by atoms with E-state index in [0.717, 1.165) is 19.3 Å². The molecule has 3 fully saturated rings. The van der Waals surface area contributed by atoms with Gasteiger partial charge in [-0.25, -0.2) is 0 Å². The lowest BCUT2D eigenvalue weighted by Gasteiger charge is -2.57. The van der Waals surface area contributed by atoms with Crippen LogP contribution >= 0.6 is 0 Å². The van der Waals surface area contributed by atoms with Crippen molar-refractivity contribution in [2.24, 2.45) is 40.4 Å². The van der Waals surface area contributed by atoms with Gasteiger partial charge in [-0.2, -0.15) is 0 Å². The first-order valence-electron chi connectivity index (χ1n) is 14.2. The molecule has 0 radical (unpaired) electrons. The average molecular weight is 390 g/mol. The van der Waals surface area contributed by atoms with Gasteiger partial charge in [0.2, 0.25) is 0 Å². The lowest BCUT2D eigenvalue weighted by molar-refractivity contribution is -0.0426. The summed E-state index contributed by atoms with van der Waals surface area (Å²) < 4.78 is 42.5. The van der Waals surface area contributed by atoms with Crippen LogP contribution < -0.4 is 0 Å². The largest absolute Gasteiger partial charge is 0.393 e. The lowest BCUT2D eigenvalue weighted by atomic mass is 9.47. The Bertz CT molecular complexity index is 841. The smallest absolute Gasteiger partial charge is 0.0600 e. The molecular weight excluding hydrogens is 340 g/mol. The number of hydrogen-bond donors (Lipinski definition) is 1. The van der Waals surface area contributed by atoms with E-state index in [-0.39, 0.29) is 17.8 Å². The van der Waals surface area contributed by atoms with Gasteiger partial charge in [-0.1, -0.05) is 44.1 Å². The predicted octanol–water partition coefficient (Wildman–Crippen LogP) is 7.31. The van der Waals surface area contributed by atoms with E-state index in [1.807, 2.05) is 0 Å². The molecular formula is C27H44O. The summed E-state index contributed by atoms with van der Waals surface area (Å²) in [5.41, 5.74) is 2.53. The van der Waals surface area contributed by atoms with Crippen molar-refractivity contribution in [3.63, 3.8) is 0 Å².